The molecule has 3 aliphatic carbocycles. The van der Waals surface area contributed by atoms with Crippen LogP contribution in [0, 0.1) is 0 Å². The second-order valence-electron chi connectivity index (χ2n) is 8.71. The van der Waals surface area contributed by atoms with Crippen molar-refractivity contribution in [1.82, 2.24) is 0 Å². The van der Waals surface area contributed by atoms with E-state index in [-0.39, 0.29) is 0 Å². The quantitative estimate of drug-likeness (QED) is 0.399. The van der Waals surface area contributed by atoms with Crippen LogP contribution in [0.5, 0.6) is 0 Å². The molecule has 0 fully saturated rings. The third kappa shape index (κ3) is 2.99. The topological polar surface area (TPSA) is 0 Å². The zero-order valence-corrected chi connectivity index (χ0v) is 19.8. The molecule has 0 aliphatic heterocycles. The number of benzene rings is 2. The predicted octanol–water partition coefficient (Wildman–Crippen LogP) is 8.40. The summed E-state index contributed by atoms with van der Waals surface area (Å²) in [6.07, 6.45) is 11.1. The van der Waals surface area contributed by atoms with Gasteiger partial charge in [-0.25, -0.2) is 0 Å². The zero-order valence-electron chi connectivity index (χ0n) is 16.7. The first-order chi connectivity index (χ1) is 13.5. The van der Waals surface area contributed by atoms with E-state index in [0.29, 0.717) is 5.92 Å². The van der Waals surface area contributed by atoms with Crippen LogP contribution >= 0.6 is 31.9 Å². The first kappa shape index (κ1) is 18.9. The first-order valence-electron chi connectivity index (χ1n) is 10.5. The van der Waals surface area contributed by atoms with Gasteiger partial charge in [0.1, 0.15) is 0 Å². The molecule has 2 heteroatoms. The Bertz CT molecular complexity index is 1040. The lowest BCUT2D eigenvalue weighted by atomic mass is 9.84. The Kier molecular flexibility index (Phi) is 4.92. The molecule has 0 bridgehead atoms. The largest absolute Gasteiger partial charge is 0.0651 e. The highest BCUT2D eigenvalue weighted by Gasteiger charge is 2.28. The van der Waals surface area contributed by atoms with Crippen molar-refractivity contribution in [2.24, 2.45) is 0 Å². The smallest absolute Gasteiger partial charge is 0.0250 e. The molecule has 3 aliphatic rings. The predicted molar refractivity (Wildman–Crippen MR) is 127 cm³/mol. The second kappa shape index (κ2) is 7.29. The molecule has 0 spiro atoms. The monoisotopic (exact) mass is 496 g/mol. The summed E-state index contributed by atoms with van der Waals surface area (Å²) in [5.41, 5.74) is 14.0. The zero-order chi connectivity index (χ0) is 19.4. The van der Waals surface area contributed by atoms with Gasteiger partial charge in [0.25, 0.3) is 0 Å². The van der Waals surface area contributed by atoms with Gasteiger partial charge in [0.2, 0.25) is 0 Å². The molecule has 144 valence electrons. The van der Waals surface area contributed by atoms with Crippen molar-refractivity contribution in [2.45, 2.75) is 64.7 Å². The summed E-state index contributed by atoms with van der Waals surface area (Å²) in [6.45, 7) is 4.66. The maximum atomic E-state index is 3.90. The summed E-state index contributed by atoms with van der Waals surface area (Å²) in [4.78, 5) is 0. The molecule has 0 N–H and O–H groups in total. The summed E-state index contributed by atoms with van der Waals surface area (Å²) in [5, 5.41) is 0. The SMILES string of the molecule is CC1=Cc2c(Br)cccc2C1CCC1=C(C)Cc2c1cc(Br)c1c2CCCC1. The van der Waals surface area contributed by atoms with Gasteiger partial charge in [-0.15, -0.1) is 0 Å². The van der Waals surface area contributed by atoms with E-state index in [2.05, 4.69) is 76.0 Å². The Hall–Kier alpha value is -1.12. The third-order valence-electron chi connectivity index (χ3n) is 7.07. The van der Waals surface area contributed by atoms with Gasteiger partial charge in [-0.1, -0.05) is 61.2 Å². The van der Waals surface area contributed by atoms with Crippen molar-refractivity contribution in [3.05, 3.63) is 77.7 Å². The Morgan fingerprint density at radius 3 is 2.57 bits per heavy atom. The summed E-state index contributed by atoms with van der Waals surface area (Å²) >= 11 is 7.64. The minimum Gasteiger partial charge on any atom is -0.0651 e. The summed E-state index contributed by atoms with van der Waals surface area (Å²) < 4.78 is 2.57. The fraction of sp³-hybridized carbons (Fsp3) is 0.385. The molecule has 2 aromatic rings. The van der Waals surface area contributed by atoms with Gasteiger partial charge in [0, 0.05) is 14.9 Å². The van der Waals surface area contributed by atoms with Crippen LogP contribution in [0.2, 0.25) is 0 Å². The molecule has 0 radical (unpaired) electrons. The van der Waals surface area contributed by atoms with Crippen molar-refractivity contribution < 1.29 is 0 Å². The first-order valence-corrected chi connectivity index (χ1v) is 12.1. The van der Waals surface area contributed by atoms with Crippen LogP contribution in [-0.4, -0.2) is 0 Å². The highest BCUT2D eigenvalue weighted by atomic mass is 79.9. The summed E-state index contributed by atoms with van der Waals surface area (Å²) in [5.74, 6) is 0.554. The van der Waals surface area contributed by atoms with Crippen LogP contribution in [0.15, 0.2) is 44.4 Å². The van der Waals surface area contributed by atoms with Gasteiger partial charge in [-0.3, -0.25) is 0 Å². The Morgan fingerprint density at radius 2 is 1.75 bits per heavy atom. The van der Waals surface area contributed by atoms with Gasteiger partial charge in [-0.2, -0.15) is 0 Å². The molecular formula is C26H26Br2. The Morgan fingerprint density at radius 1 is 0.964 bits per heavy atom. The molecule has 0 saturated carbocycles. The van der Waals surface area contributed by atoms with E-state index in [1.165, 1.54) is 70.6 Å². The minimum absolute atomic E-state index is 0.554. The molecule has 1 atom stereocenters. The van der Waals surface area contributed by atoms with Crippen molar-refractivity contribution >= 4 is 43.5 Å². The van der Waals surface area contributed by atoms with Crippen molar-refractivity contribution in [2.75, 3.05) is 0 Å². The third-order valence-corrected chi connectivity index (χ3v) is 8.46. The van der Waals surface area contributed by atoms with Crippen molar-refractivity contribution in [1.29, 1.82) is 0 Å². The van der Waals surface area contributed by atoms with Gasteiger partial charge in [0.05, 0.1) is 0 Å². The maximum absolute atomic E-state index is 3.90. The molecule has 5 rings (SSSR count). The van der Waals surface area contributed by atoms with Gasteiger partial charge in [-0.05, 0) is 110 Å². The molecule has 0 saturated heterocycles. The van der Waals surface area contributed by atoms with Crippen molar-refractivity contribution in [3.63, 3.8) is 0 Å². The fourth-order valence-electron chi connectivity index (χ4n) is 5.64. The molecule has 0 nitrogen and oxygen atoms in total. The van der Waals surface area contributed by atoms with E-state index >= 15 is 0 Å². The lowest BCUT2D eigenvalue weighted by Gasteiger charge is -2.22. The summed E-state index contributed by atoms with van der Waals surface area (Å²) in [6, 6.07) is 9.09. The lowest BCUT2D eigenvalue weighted by Crippen LogP contribution is -2.08. The minimum atomic E-state index is 0.554. The van der Waals surface area contributed by atoms with Crippen molar-refractivity contribution in [3.8, 4) is 0 Å². The van der Waals surface area contributed by atoms with E-state index in [1.807, 2.05) is 0 Å². The van der Waals surface area contributed by atoms with Crippen LogP contribution < -0.4 is 0 Å². The van der Waals surface area contributed by atoms with Gasteiger partial charge >= 0.3 is 0 Å². The molecular weight excluding hydrogens is 472 g/mol. The molecule has 0 heterocycles. The molecule has 0 aromatic heterocycles. The number of fused-ring (bicyclic) bond motifs is 4. The van der Waals surface area contributed by atoms with Crippen LogP contribution in [-0.2, 0) is 19.3 Å². The van der Waals surface area contributed by atoms with E-state index < -0.39 is 0 Å². The second-order valence-corrected chi connectivity index (χ2v) is 10.4. The molecule has 28 heavy (non-hydrogen) atoms. The van der Waals surface area contributed by atoms with E-state index in [9.17, 15) is 0 Å². The van der Waals surface area contributed by atoms with Gasteiger partial charge in [0.15, 0.2) is 0 Å². The average molecular weight is 498 g/mol. The number of rotatable bonds is 3. The number of hydrogen-bond acceptors (Lipinski definition) is 0. The van der Waals surface area contributed by atoms with Crippen LogP contribution in [0.4, 0.5) is 0 Å². The maximum Gasteiger partial charge on any atom is 0.0250 e. The van der Waals surface area contributed by atoms with Crippen LogP contribution in [0.1, 0.15) is 78.8 Å². The normalized spacial score (nSPS) is 20.1. The highest BCUT2D eigenvalue weighted by Crippen LogP contribution is 2.47. The van der Waals surface area contributed by atoms with Crippen LogP contribution in [0.25, 0.3) is 11.6 Å². The standard InChI is InChI=1S/C26H26Br2/c1-15-12-22-20-6-3-4-7-21(20)26(28)14-23(22)18(15)11-10-17-16(2)13-24-19(17)8-5-9-25(24)27/h5,8-9,13-14,17H,3-4,6-7,10-12H2,1-2H3. The molecule has 2 aromatic carbocycles. The van der Waals surface area contributed by atoms with Gasteiger partial charge < -0.3 is 0 Å². The lowest BCUT2D eigenvalue weighted by molar-refractivity contribution is 0.677. The Labute approximate surface area is 185 Å². The Balaban J connectivity index is 1.44. The van der Waals surface area contributed by atoms with Crippen LogP contribution in [0.3, 0.4) is 0 Å². The number of halogens is 2. The summed E-state index contributed by atoms with van der Waals surface area (Å²) in [7, 11) is 0. The highest BCUT2D eigenvalue weighted by molar-refractivity contribution is 9.10. The number of hydrogen-bond donors (Lipinski definition) is 0. The molecule has 1 unspecified atom stereocenters. The molecule has 0 amide bonds. The average Bonchev–Trinajstić information content (AvgIpc) is 3.18. The van der Waals surface area contributed by atoms with E-state index in [4.69, 9.17) is 0 Å². The fourth-order valence-corrected chi connectivity index (χ4v) is 6.80. The van der Waals surface area contributed by atoms with E-state index in [1.54, 1.807) is 33.4 Å². The van der Waals surface area contributed by atoms with E-state index in [0.717, 1.165) is 0 Å². The number of allylic oxidation sites excluding steroid dienone is 3.